The van der Waals surface area contributed by atoms with Gasteiger partial charge in [0.25, 0.3) is 11.2 Å². The Kier molecular flexibility index (Phi) is 7.06. The summed E-state index contributed by atoms with van der Waals surface area (Å²) in [6.45, 7) is 0.387. The molecular weight excluding hydrogens is 496 g/mol. The molecule has 0 radical (unpaired) electrons. The number of halogens is 2. The smallest absolute Gasteiger partial charge is 0.387 e. The highest BCUT2D eigenvalue weighted by Crippen LogP contribution is 2.31. The van der Waals surface area contributed by atoms with Crippen molar-refractivity contribution in [3.8, 4) is 5.75 Å². The summed E-state index contributed by atoms with van der Waals surface area (Å²) in [5.74, 6) is -0.723. The number of nitrogens with zero attached hydrogens (tertiary/aromatic N) is 3. The van der Waals surface area contributed by atoms with Gasteiger partial charge in [-0.05, 0) is 55.3 Å². The van der Waals surface area contributed by atoms with Crippen molar-refractivity contribution in [3.63, 3.8) is 0 Å². The summed E-state index contributed by atoms with van der Waals surface area (Å²) >= 11 is 1.09. The van der Waals surface area contributed by atoms with Crippen LogP contribution in [0.4, 0.5) is 14.5 Å². The largest absolute Gasteiger partial charge is 0.463 e. The van der Waals surface area contributed by atoms with Crippen LogP contribution in [0.2, 0.25) is 0 Å². The van der Waals surface area contributed by atoms with Crippen molar-refractivity contribution in [2.45, 2.75) is 26.5 Å². The lowest BCUT2D eigenvalue weighted by molar-refractivity contribution is -0.384. The Balaban J connectivity index is 1.86. The second-order valence-corrected chi connectivity index (χ2v) is 8.61. The predicted octanol–water partition coefficient (Wildman–Crippen LogP) is 3.31. The van der Waals surface area contributed by atoms with Gasteiger partial charge in [0.05, 0.1) is 33.4 Å². The van der Waals surface area contributed by atoms with Crippen LogP contribution in [0.25, 0.3) is 6.08 Å². The zero-order valence-electron chi connectivity index (χ0n) is 19.0. The van der Waals surface area contributed by atoms with Crippen LogP contribution in [0.15, 0.2) is 69.6 Å². The third-order valence-corrected chi connectivity index (χ3v) is 6.32. The van der Waals surface area contributed by atoms with Crippen LogP contribution >= 0.6 is 11.3 Å². The molecule has 1 aliphatic heterocycles. The van der Waals surface area contributed by atoms with E-state index in [1.807, 2.05) is 0 Å². The predicted molar refractivity (Wildman–Crippen MR) is 127 cm³/mol. The minimum Gasteiger partial charge on any atom is -0.463 e. The van der Waals surface area contributed by atoms with Crippen LogP contribution in [0.3, 0.4) is 0 Å². The van der Waals surface area contributed by atoms with Gasteiger partial charge in [-0.3, -0.25) is 19.5 Å². The lowest BCUT2D eigenvalue weighted by Crippen LogP contribution is -2.39. The van der Waals surface area contributed by atoms with Gasteiger partial charge in [-0.2, -0.15) is 8.78 Å². The molecule has 1 aliphatic rings. The van der Waals surface area contributed by atoms with E-state index >= 15 is 0 Å². The van der Waals surface area contributed by atoms with E-state index in [0.29, 0.717) is 26.2 Å². The number of alkyl halides is 2. The van der Waals surface area contributed by atoms with Gasteiger partial charge in [0.15, 0.2) is 4.80 Å². The Morgan fingerprint density at radius 3 is 2.47 bits per heavy atom. The van der Waals surface area contributed by atoms with Gasteiger partial charge in [-0.25, -0.2) is 9.79 Å². The highest BCUT2D eigenvalue weighted by atomic mass is 32.1. The third-order valence-electron chi connectivity index (χ3n) is 5.34. The minimum atomic E-state index is -3.00. The van der Waals surface area contributed by atoms with Crippen LogP contribution in [0.1, 0.15) is 31.0 Å². The number of nitro benzene ring substituents is 1. The number of non-ortho nitro benzene ring substituents is 1. The molecule has 36 heavy (non-hydrogen) atoms. The first-order valence-electron chi connectivity index (χ1n) is 10.7. The summed E-state index contributed by atoms with van der Waals surface area (Å²) in [6, 6.07) is 10.4. The standard InChI is InChI=1S/C24H19F2N3O6S/c1-3-34-22(31)19-13(2)27-24-28(20(19)15-6-10-17(11-7-15)35-23(25)26)21(30)18(36-24)12-14-4-8-16(9-5-14)29(32)33/h4-12,20,23H,3H2,1-2H3. The molecule has 1 aromatic heterocycles. The van der Waals surface area contributed by atoms with Crippen LogP contribution < -0.4 is 19.6 Å². The Hall–Kier alpha value is -4.19. The maximum Gasteiger partial charge on any atom is 0.387 e. The molecule has 0 spiro atoms. The fraction of sp³-hybridized carbons (Fsp3) is 0.208. The van der Waals surface area contributed by atoms with Crippen molar-refractivity contribution in [2.75, 3.05) is 6.61 Å². The van der Waals surface area contributed by atoms with Crippen molar-refractivity contribution in [1.29, 1.82) is 0 Å². The number of carbonyl (C=O) groups is 1. The zero-order chi connectivity index (χ0) is 26.0. The molecule has 1 atom stereocenters. The topological polar surface area (TPSA) is 113 Å². The van der Waals surface area contributed by atoms with E-state index in [1.54, 1.807) is 19.9 Å². The number of aromatic nitrogens is 1. The summed E-state index contributed by atoms with van der Waals surface area (Å²) in [4.78, 5) is 41.5. The number of hydrogen-bond donors (Lipinski definition) is 0. The SMILES string of the molecule is CCOC(=O)C1=C(C)N=c2sc(=Cc3ccc([N+](=O)[O-])cc3)c(=O)n2C1c1ccc(OC(F)F)cc1. The monoisotopic (exact) mass is 515 g/mol. The summed E-state index contributed by atoms with van der Waals surface area (Å²) in [6.07, 6.45) is 1.58. The normalized spacial score (nSPS) is 15.5. The number of hydrogen-bond acceptors (Lipinski definition) is 8. The number of ether oxygens (including phenoxy) is 2. The summed E-state index contributed by atoms with van der Waals surface area (Å²) < 4.78 is 36.4. The maximum absolute atomic E-state index is 13.5. The van der Waals surface area contributed by atoms with Gasteiger partial charge in [0.2, 0.25) is 0 Å². The van der Waals surface area contributed by atoms with Crippen LogP contribution in [-0.2, 0) is 9.53 Å². The molecule has 2 heterocycles. The highest BCUT2D eigenvalue weighted by molar-refractivity contribution is 7.07. The van der Waals surface area contributed by atoms with E-state index in [2.05, 4.69) is 9.73 Å². The lowest BCUT2D eigenvalue weighted by Gasteiger charge is -2.24. The highest BCUT2D eigenvalue weighted by Gasteiger charge is 2.33. The third kappa shape index (κ3) is 4.93. The summed E-state index contributed by atoms with van der Waals surface area (Å²) in [5, 5.41) is 10.9. The second kappa shape index (κ2) is 10.2. The summed E-state index contributed by atoms with van der Waals surface area (Å²) in [7, 11) is 0. The molecule has 9 nitrogen and oxygen atoms in total. The molecule has 2 aromatic carbocycles. The quantitative estimate of drug-likeness (QED) is 0.271. The van der Waals surface area contributed by atoms with Crippen LogP contribution in [0.5, 0.6) is 5.75 Å². The Morgan fingerprint density at radius 1 is 1.22 bits per heavy atom. The molecule has 0 fully saturated rings. The van der Waals surface area contributed by atoms with E-state index in [0.717, 1.165) is 11.3 Å². The van der Waals surface area contributed by atoms with Crippen molar-refractivity contribution in [3.05, 3.63) is 101 Å². The number of nitro groups is 1. The molecule has 4 rings (SSSR count). The number of rotatable bonds is 7. The number of benzene rings is 2. The molecule has 0 aliphatic carbocycles. The van der Waals surface area contributed by atoms with E-state index in [-0.39, 0.29) is 23.6 Å². The van der Waals surface area contributed by atoms with Crippen molar-refractivity contribution in [2.24, 2.45) is 4.99 Å². The molecule has 0 amide bonds. The van der Waals surface area contributed by atoms with E-state index in [4.69, 9.17) is 4.74 Å². The van der Waals surface area contributed by atoms with Crippen molar-refractivity contribution < 1.29 is 28.0 Å². The van der Waals surface area contributed by atoms with Gasteiger partial charge in [0.1, 0.15) is 5.75 Å². The summed E-state index contributed by atoms with van der Waals surface area (Å²) in [5.41, 5.74) is 1.02. The first-order valence-corrected chi connectivity index (χ1v) is 11.5. The van der Waals surface area contributed by atoms with Crippen molar-refractivity contribution in [1.82, 2.24) is 4.57 Å². The first kappa shape index (κ1) is 24.9. The van der Waals surface area contributed by atoms with Crippen molar-refractivity contribution >= 4 is 29.1 Å². The Labute approximate surface area is 206 Å². The fourth-order valence-corrected chi connectivity index (χ4v) is 4.83. The number of carbonyl (C=O) groups excluding carboxylic acids is 1. The van der Waals surface area contributed by atoms with Gasteiger partial charge >= 0.3 is 12.6 Å². The first-order chi connectivity index (χ1) is 17.2. The molecule has 3 aromatic rings. The van der Waals surface area contributed by atoms with Gasteiger partial charge < -0.3 is 9.47 Å². The van der Waals surface area contributed by atoms with Gasteiger partial charge in [0, 0.05) is 12.1 Å². The minimum absolute atomic E-state index is 0.0716. The van der Waals surface area contributed by atoms with Crippen LogP contribution in [0, 0.1) is 10.1 Å². The number of esters is 1. The zero-order valence-corrected chi connectivity index (χ0v) is 19.8. The Morgan fingerprint density at radius 2 is 1.89 bits per heavy atom. The molecule has 12 heteroatoms. The molecule has 0 saturated heterocycles. The molecule has 186 valence electrons. The maximum atomic E-state index is 13.5. The average molecular weight is 515 g/mol. The average Bonchev–Trinajstić information content (AvgIpc) is 3.13. The molecular formula is C24H19F2N3O6S. The second-order valence-electron chi connectivity index (χ2n) is 7.60. The number of fused-ring (bicyclic) bond motifs is 1. The van der Waals surface area contributed by atoms with E-state index in [1.165, 1.54) is 53.1 Å². The molecule has 1 unspecified atom stereocenters. The number of thiazole rings is 1. The number of allylic oxidation sites excluding steroid dienone is 1. The van der Waals surface area contributed by atoms with Gasteiger partial charge in [-0.1, -0.05) is 23.5 Å². The molecule has 0 N–H and O–H groups in total. The lowest BCUT2D eigenvalue weighted by atomic mass is 9.96. The molecule has 0 bridgehead atoms. The molecule has 0 saturated carbocycles. The van der Waals surface area contributed by atoms with Crippen LogP contribution in [-0.4, -0.2) is 28.7 Å². The fourth-order valence-electron chi connectivity index (χ4n) is 3.78. The van der Waals surface area contributed by atoms with Gasteiger partial charge in [-0.15, -0.1) is 0 Å². The van der Waals surface area contributed by atoms with E-state index < -0.39 is 29.1 Å². The Bertz CT molecular complexity index is 1530. The van der Waals surface area contributed by atoms with E-state index in [9.17, 15) is 28.5 Å².